The van der Waals surface area contributed by atoms with Gasteiger partial charge >= 0.3 is 5.97 Å². The van der Waals surface area contributed by atoms with Crippen molar-refractivity contribution >= 4 is 28.6 Å². The Labute approximate surface area is 111 Å². The van der Waals surface area contributed by atoms with Crippen LogP contribution in [0, 0.1) is 29.6 Å². The molecular formula is C13H19IO2. The highest BCUT2D eigenvalue weighted by atomic mass is 127. The Morgan fingerprint density at radius 1 is 1.12 bits per heavy atom. The summed E-state index contributed by atoms with van der Waals surface area (Å²) in [7, 11) is 1.52. The van der Waals surface area contributed by atoms with Crippen molar-refractivity contribution in [1.29, 1.82) is 0 Å². The first kappa shape index (κ1) is 11.3. The predicted octanol–water partition coefficient (Wildman–Crippen LogP) is 3.04. The topological polar surface area (TPSA) is 26.3 Å². The fourth-order valence-electron chi connectivity index (χ4n) is 4.71. The predicted molar refractivity (Wildman–Crippen MR) is 70.4 cm³/mol. The van der Waals surface area contributed by atoms with Crippen LogP contribution in [0.5, 0.6) is 0 Å². The Morgan fingerprint density at radius 3 is 2.06 bits per heavy atom. The monoisotopic (exact) mass is 334 g/mol. The van der Waals surface area contributed by atoms with Gasteiger partial charge in [-0.25, -0.2) is 0 Å². The van der Waals surface area contributed by atoms with Gasteiger partial charge in [0.2, 0.25) is 0 Å². The van der Waals surface area contributed by atoms with Gasteiger partial charge in [0.05, 0.1) is 7.11 Å². The van der Waals surface area contributed by atoms with Crippen molar-refractivity contribution in [2.24, 2.45) is 29.6 Å². The van der Waals surface area contributed by atoms with E-state index in [0.717, 1.165) is 23.7 Å². The van der Waals surface area contributed by atoms with Gasteiger partial charge in [-0.1, -0.05) is 22.6 Å². The molecule has 0 spiro atoms. The van der Waals surface area contributed by atoms with Crippen molar-refractivity contribution in [3.63, 3.8) is 0 Å². The summed E-state index contributed by atoms with van der Waals surface area (Å²) in [5, 5.41) is 0. The maximum absolute atomic E-state index is 11.7. The summed E-state index contributed by atoms with van der Waals surface area (Å²) in [6.45, 7) is 0. The first-order valence-corrected chi connectivity index (χ1v) is 7.65. The summed E-state index contributed by atoms with van der Waals surface area (Å²) in [5.41, 5.74) is 0. The highest BCUT2D eigenvalue weighted by molar-refractivity contribution is 14.1. The number of hydrogen-bond donors (Lipinski definition) is 0. The first-order chi connectivity index (χ1) is 7.69. The van der Waals surface area contributed by atoms with E-state index in [9.17, 15) is 4.79 Å². The van der Waals surface area contributed by atoms with Gasteiger partial charge in [0.1, 0.15) is 3.92 Å². The standard InChI is InChI=1S/C13H19IO2/c1-16-13(15)12(14)11-9-3-7-2-8(5-9)6-10(11)4-7/h7-12H,2-6H2,1H3. The molecule has 4 rings (SSSR count). The molecule has 1 atom stereocenters. The van der Waals surface area contributed by atoms with Crippen molar-refractivity contribution in [2.45, 2.75) is 36.0 Å². The molecule has 4 bridgehead atoms. The summed E-state index contributed by atoms with van der Waals surface area (Å²) in [6, 6.07) is 0. The van der Waals surface area contributed by atoms with Crippen molar-refractivity contribution in [3.05, 3.63) is 0 Å². The van der Waals surface area contributed by atoms with Gasteiger partial charge in [0.25, 0.3) is 0 Å². The van der Waals surface area contributed by atoms with Crippen LogP contribution in [-0.4, -0.2) is 17.0 Å². The van der Waals surface area contributed by atoms with Crippen LogP contribution in [0.4, 0.5) is 0 Å². The Bertz CT molecular complexity index is 274. The second kappa shape index (κ2) is 4.14. The second-order valence-electron chi connectivity index (χ2n) is 5.93. The van der Waals surface area contributed by atoms with Gasteiger partial charge < -0.3 is 4.74 Å². The Hall–Kier alpha value is 0.200. The van der Waals surface area contributed by atoms with Gasteiger partial charge in [0, 0.05) is 0 Å². The molecule has 1 unspecified atom stereocenters. The summed E-state index contributed by atoms with van der Waals surface area (Å²) < 4.78 is 5.02. The Morgan fingerprint density at radius 2 is 1.62 bits per heavy atom. The van der Waals surface area contributed by atoms with Crippen LogP contribution in [0.2, 0.25) is 0 Å². The molecule has 16 heavy (non-hydrogen) atoms. The smallest absolute Gasteiger partial charge is 0.318 e. The molecule has 0 aromatic carbocycles. The fraction of sp³-hybridized carbons (Fsp3) is 0.923. The zero-order valence-electron chi connectivity index (χ0n) is 9.69. The van der Waals surface area contributed by atoms with E-state index in [-0.39, 0.29) is 9.89 Å². The molecule has 3 heteroatoms. The minimum atomic E-state index is -0.00178. The normalized spacial score (nSPS) is 46.8. The summed E-state index contributed by atoms with van der Waals surface area (Å²) >= 11 is 2.32. The van der Waals surface area contributed by atoms with E-state index in [1.54, 1.807) is 0 Å². The number of carbonyl (C=O) groups excluding carboxylic acids is 1. The third-order valence-corrected chi connectivity index (χ3v) is 6.40. The van der Waals surface area contributed by atoms with Crippen molar-refractivity contribution in [3.8, 4) is 0 Å². The number of carbonyl (C=O) groups is 1. The molecule has 0 N–H and O–H groups in total. The molecule has 0 aromatic rings. The zero-order valence-corrected chi connectivity index (χ0v) is 11.9. The SMILES string of the molecule is COC(=O)C(I)C1C2CC3CC(C2)CC1C3. The fourth-order valence-corrected chi connectivity index (χ4v) is 6.14. The maximum Gasteiger partial charge on any atom is 0.318 e. The average Bonchev–Trinajstić information content (AvgIpc) is 2.26. The zero-order chi connectivity index (χ0) is 11.3. The van der Waals surface area contributed by atoms with E-state index in [0.29, 0.717) is 5.92 Å². The number of ether oxygens (including phenoxy) is 1. The van der Waals surface area contributed by atoms with Crippen LogP contribution in [0.3, 0.4) is 0 Å². The van der Waals surface area contributed by atoms with Crippen LogP contribution in [0.1, 0.15) is 32.1 Å². The number of esters is 1. The molecule has 2 nitrogen and oxygen atoms in total. The summed E-state index contributed by atoms with van der Waals surface area (Å²) in [5.74, 6) is 4.22. The number of hydrogen-bond acceptors (Lipinski definition) is 2. The van der Waals surface area contributed by atoms with Crippen LogP contribution in [-0.2, 0) is 9.53 Å². The molecule has 4 aliphatic rings. The van der Waals surface area contributed by atoms with Crippen molar-refractivity contribution in [2.75, 3.05) is 7.11 Å². The lowest BCUT2D eigenvalue weighted by molar-refractivity contribution is -0.144. The van der Waals surface area contributed by atoms with E-state index < -0.39 is 0 Å². The summed E-state index contributed by atoms with van der Waals surface area (Å²) in [6.07, 6.45) is 7.01. The van der Waals surface area contributed by atoms with Crippen LogP contribution >= 0.6 is 22.6 Å². The van der Waals surface area contributed by atoms with Gasteiger partial charge in [-0.2, -0.15) is 0 Å². The number of halogens is 1. The molecule has 4 saturated carbocycles. The third-order valence-electron chi connectivity index (χ3n) is 5.06. The van der Waals surface area contributed by atoms with Gasteiger partial charge in [-0.05, 0) is 61.7 Å². The molecule has 0 radical (unpaired) electrons. The molecule has 0 amide bonds. The Balaban J connectivity index is 1.78. The van der Waals surface area contributed by atoms with Crippen LogP contribution in [0.25, 0.3) is 0 Å². The van der Waals surface area contributed by atoms with E-state index in [1.807, 2.05) is 0 Å². The number of rotatable bonds is 2. The van der Waals surface area contributed by atoms with E-state index in [4.69, 9.17) is 4.74 Å². The minimum Gasteiger partial charge on any atom is -0.468 e. The highest BCUT2D eigenvalue weighted by Gasteiger charge is 2.51. The second-order valence-corrected chi connectivity index (χ2v) is 7.27. The van der Waals surface area contributed by atoms with E-state index in [1.165, 1.54) is 39.2 Å². The molecular weight excluding hydrogens is 315 g/mol. The van der Waals surface area contributed by atoms with Gasteiger partial charge in [0.15, 0.2) is 0 Å². The molecule has 90 valence electrons. The average molecular weight is 334 g/mol. The third kappa shape index (κ3) is 1.70. The lowest BCUT2D eigenvalue weighted by atomic mass is 9.51. The van der Waals surface area contributed by atoms with E-state index in [2.05, 4.69) is 22.6 Å². The van der Waals surface area contributed by atoms with Crippen LogP contribution in [0.15, 0.2) is 0 Å². The largest absolute Gasteiger partial charge is 0.468 e. The molecule has 0 heterocycles. The lowest BCUT2D eigenvalue weighted by Gasteiger charge is -2.55. The molecule has 0 aromatic heterocycles. The number of alkyl halides is 1. The van der Waals surface area contributed by atoms with Crippen molar-refractivity contribution in [1.82, 2.24) is 0 Å². The van der Waals surface area contributed by atoms with Crippen molar-refractivity contribution < 1.29 is 9.53 Å². The Kier molecular flexibility index (Phi) is 2.93. The first-order valence-electron chi connectivity index (χ1n) is 6.41. The highest BCUT2D eigenvalue weighted by Crippen LogP contribution is 2.58. The van der Waals surface area contributed by atoms with E-state index >= 15 is 0 Å². The van der Waals surface area contributed by atoms with Crippen LogP contribution < -0.4 is 0 Å². The molecule has 0 saturated heterocycles. The van der Waals surface area contributed by atoms with Gasteiger partial charge in [-0.15, -0.1) is 0 Å². The number of methoxy groups -OCH3 is 1. The maximum atomic E-state index is 11.7. The minimum absolute atomic E-state index is 0.00178. The quantitative estimate of drug-likeness (QED) is 0.441. The summed E-state index contributed by atoms with van der Waals surface area (Å²) in [4.78, 5) is 11.7. The van der Waals surface area contributed by atoms with Gasteiger partial charge in [-0.3, -0.25) is 4.79 Å². The molecule has 4 fully saturated rings. The molecule has 0 aliphatic heterocycles. The lowest BCUT2D eigenvalue weighted by Crippen LogP contribution is -2.49. The molecule has 4 aliphatic carbocycles.